The van der Waals surface area contributed by atoms with E-state index in [0.717, 1.165) is 32.1 Å². The van der Waals surface area contributed by atoms with Crippen molar-refractivity contribution < 1.29 is 9.59 Å². The van der Waals surface area contributed by atoms with Crippen LogP contribution in [0.4, 0.5) is 0 Å². The second-order valence-electron chi connectivity index (χ2n) is 10.2. The number of imide groups is 1. The number of fused-ring (bicyclic) bond motifs is 2. The molecule has 0 N–H and O–H groups in total. The average Bonchev–Trinajstić information content (AvgIpc) is 3.20. The molecule has 5 aromatic rings. The highest BCUT2D eigenvalue weighted by Gasteiger charge is 2.61. The van der Waals surface area contributed by atoms with Crippen LogP contribution in [0, 0.1) is 11.8 Å². The van der Waals surface area contributed by atoms with Crippen molar-refractivity contribution in [2.75, 3.05) is 0 Å². The van der Waals surface area contributed by atoms with Crippen molar-refractivity contribution in [3.63, 3.8) is 0 Å². The molecule has 5 aromatic carbocycles. The highest BCUT2D eigenvalue weighted by molar-refractivity contribution is 6.14. The van der Waals surface area contributed by atoms with E-state index in [4.69, 9.17) is 0 Å². The van der Waals surface area contributed by atoms with Crippen LogP contribution in [0.5, 0.6) is 0 Å². The Kier molecular flexibility index (Phi) is 4.16. The van der Waals surface area contributed by atoms with Gasteiger partial charge >= 0.3 is 0 Å². The zero-order chi connectivity index (χ0) is 24.7. The van der Waals surface area contributed by atoms with Crippen LogP contribution < -0.4 is 0 Å². The van der Waals surface area contributed by atoms with E-state index in [2.05, 4.69) is 59.7 Å². The molecule has 4 aliphatic rings. The summed E-state index contributed by atoms with van der Waals surface area (Å²) >= 11 is 0. The number of benzene rings is 5. The molecule has 1 saturated heterocycles. The third-order valence-electron chi connectivity index (χ3n) is 8.54. The zero-order valence-electron chi connectivity index (χ0n) is 19.9. The largest absolute Gasteiger partial charge is 0.272 e. The van der Waals surface area contributed by atoms with E-state index >= 15 is 0 Å². The summed E-state index contributed by atoms with van der Waals surface area (Å²) in [6.07, 6.45) is 1.71. The normalized spacial score (nSPS) is 23.6. The van der Waals surface area contributed by atoms with Gasteiger partial charge in [0.25, 0.3) is 11.8 Å². The number of rotatable bonds is 2. The van der Waals surface area contributed by atoms with Crippen molar-refractivity contribution in [2.24, 2.45) is 16.9 Å². The summed E-state index contributed by atoms with van der Waals surface area (Å²) in [6, 6.07) is 35.0. The van der Waals surface area contributed by atoms with E-state index in [9.17, 15) is 9.59 Å². The highest BCUT2D eigenvalue weighted by Crippen LogP contribution is 2.60. The summed E-state index contributed by atoms with van der Waals surface area (Å²) in [4.78, 5) is 27.8. The highest BCUT2D eigenvalue weighted by atomic mass is 16.2. The van der Waals surface area contributed by atoms with Gasteiger partial charge in [0.15, 0.2) is 0 Å². The summed E-state index contributed by atoms with van der Waals surface area (Å²) in [5.74, 6) is -1.51. The quantitative estimate of drug-likeness (QED) is 0.172. The lowest BCUT2D eigenvalue weighted by Gasteiger charge is -2.45. The first kappa shape index (κ1) is 20.6. The monoisotopic (exact) mass is 478 g/mol. The van der Waals surface area contributed by atoms with Gasteiger partial charge in [-0.25, -0.2) is 0 Å². The summed E-state index contributed by atoms with van der Waals surface area (Å²) < 4.78 is 0. The van der Waals surface area contributed by atoms with Crippen LogP contribution in [0.15, 0.2) is 108 Å². The Balaban J connectivity index is 1.27. The van der Waals surface area contributed by atoms with Gasteiger partial charge in [0.2, 0.25) is 0 Å². The Hall–Kier alpha value is -4.57. The van der Waals surface area contributed by atoms with E-state index < -0.39 is 11.8 Å². The molecule has 2 bridgehead atoms. The maximum atomic E-state index is 13.9. The first-order chi connectivity index (χ1) is 18.2. The third kappa shape index (κ3) is 2.70. The van der Waals surface area contributed by atoms with Crippen molar-refractivity contribution in [2.45, 2.75) is 11.8 Å². The molecule has 0 unspecified atom stereocenters. The minimum absolute atomic E-state index is 0.127. The molecule has 9 rings (SSSR count). The molecule has 2 amide bonds. The van der Waals surface area contributed by atoms with Crippen LogP contribution in [0.2, 0.25) is 0 Å². The number of carbonyl (C=O) groups is 2. The van der Waals surface area contributed by atoms with Gasteiger partial charge in [-0.2, -0.15) is 10.1 Å². The molecule has 0 aromatic heterocycles. The first-order valence-electron chi connectivity index (χ1n) is 12.7. The maximum Gasteiger partial charge on any atom is 0.254 e. The second kappa shape index (κ2) is 7.47. The SMILES string of the molecule is O=C1[C@@H]2C3c4ccccc4C(c4ccccc43)[C@@H]2C(=O)N1/N=C\c1c2ccccc2cc2ccccc12. The van der Waals surface area contributed by atoms with Gasteiger partial charge in [-0.3, -0.25) is 9.59 Å². The van der Waals surface area contributed by atoms with Crippen LogP contribution in [0.25, 0.3) is 21.5 Å². The Bertz CT molecular complexity index is 1650. The average molecular weight is 479 g/mol. The van der Waals surface area contributed by atoms with E-state index in [1.807, 2.05) is 48.5 Å². The molecule has 1 heterocycles. The predicted octanol–water partition coefficient (Wildman–Crippen LogP) is 6.22. The standard InChI is InChI=1S/C33H22N2O2/c36-32-30-28-23-13-5-6-14-24(23)29(26-16-8-7-15-25(26)28)31(30)33(37)35(32)34-18-27-21-11-3-1-9-19(21)17-20-10-2-4-12-22(20)27/h1-18,28-31H/b34-18-/t28?,29?,30-,31+. The topological polar surface area (TPSA) is 49.7 Å². The number of amides is 2. The van der Waals surface area contributed by atoms with Gasteiger partial charge in [-0.1, -0.05) is 97.1 Å². The van der Waals surface area contributed by atoms with E-state index in [1.165, 1.54) is 22.3 Å². The molecule has 0 saturated carbocycles. The number of carbonyl (C=O) groups excluding carboxylic acids is 2. The minimum atomic E-state index is -0.427. The molecule has 4 heteroatoms. The van der Waals surface area contributed by atoms with E-state index in [1.54, 1.807) is 6.21 Å². The minimum Gasteiger partial charge on any atom is -0.272 e. The van der Waals surface area contributed by atoms with Crippen molar-refractivity contribution in [1.82, 2.24) is 5.01 Å². The number of hydrogen-bond donors (Lipinski definition) is 0. The van der Waals surface area contributed by atoms with Crippen LogP contribution in [-0.4, -0.2) is 23.0 Å². The predicted molar refractivity (Wildman–Crippen MR) is 144 cm³/mol. The van der Waals surface area contributed by atoms with Crippen LogP contribution >= 0.6 is 0 Å². The summed E-state index contributed by atoms with van der Waals surface area (Å²) in [6.45, 7) is 0. The number of hydrazone groups is 1. The van der Waals surface area contributed by atoms with E-state index in [-0.39, 0.29) is 23.7 Å². The summed E-state index contributed by atoms with van der Waals surface area (Å²) in [5.41, 5.74) is 5.58. The maximum absolute atomic E-state index is 13.9. The third-order valence-corrected chi connectivity index (χ3v) is 8.54. The molecule has 1 aliphatic heterocycles. The van der Waals surface area contributed by atoms with Crippen LogP contribution in [-0.2, 0) is 9.59 Å². The molecule has 1 fully saturated rings. The Labute approximate surface area is 213 Å². The molecule has 3 aliphatic carbocycles. The zero-order valence-corrected chi connectivity index (χ0v) is 19.9. The lowest BCUT2D eigenvalue weighted by atomic mass is 9.55. The van der Waals surface area contributed by atoms with Crippen molar-refractivity contribution in [3.8, 4) is 0 Å². The van der Waals surface area contributed by atoms with Gasteiger partial charge in [0.05, 0.1) is 18.1 Å². The van der Waals surface area contributed by atoms with Crippen molar-refractivity contribution >= 4 is 39.6 Å². The first-order valence-corrected chi connectivity index (χ1v) is 12.7. The summed E-state index contributed by atoms with van der Waals surface area (Å²) in [5, 5.41) is 10.0. The Morgan fingerprint density at radius 1 is 0.568 bits per heavy atom. The molecule has 0 radical (unpaired) electrons. The molecule has 4 nitrogen and oxygen atoms in total. The fourth-order valence-corrected chi connectivity index (χ4v) is 7.08. The van der Waals surface area contributed by atoms with Crippen LogP contribution in [0.3, 0.4) is 0 Å². The lowest BCUT2D eigenvalue weighted by Crippen LogP contribution is -2.41. The molecular weight excluding hydrogens is 456 g/mol. The fourth-order valence-electron chi connectivity index (χ4n) is 7.08. The molecule has 176 valence electrons. The number of nitrogens with zero attached hydrogens (tertiary/aromatic N) is 2. The Morgan fingerprint density at radius 3 is 1.43 bits per heavy atom. The second-order valence-corrected chi connectivity index (χ2v) is 10.2. The van der Waals surface area contributed by atoms with Gasteiger partial charge < -0.3 is 0 Å². The van der Waals surface area contributed by atoms with Crippen LogP contribution in [0.1, 0.15) is 39.7 Å². The Morgan fingerprint density at radius 2 is 0.973 bits per heavy atom. The van der Waals surface area contributed by atoms with Crippen molar-refractivity contribution in [1.29, 1.82) is 0 Å². The molecular formula is C33H22N2O2. The van der Waals surface area contributed by atoms with Gasteiger partial charge in [-0.05, 0) is 49.9 Å². The number of hydrogen-bond acceptors (Lipinski definition) is 3. The molecule has 2 atom stereocenters. The van der Waals surface area contributed by atoms with E-state index in [0.29, 0.717) is 0 Å². The van der Waals surface area contributed by atoms with Gasteiger partial charge in [0, 0.05) is 17.4 Å². The fraction of sp³-hybridized carbons (Fsp3) is 0.121. The van der Waals surface area contributed by atoms with Gasteiger partial charge in [-0.15, -0.1) is 0 Å². The lowest BCUT2D eigenvalue weighted by molar-refractivity contribution is -0.139. The molecule has 0 spiro atoms. The van der Waals surface area contributed by atoms with Crippen molar-refractivity contribution in [3.05, 3.63) is 131 Å². The smallest absolute Gasteiger partial charge is 0.254 e. The van der Waals surface area contributed by atoms with Gasteiger partial charge in [0.1, 0.15) is 0 Å². The molecule has 37 heavy (non-hydrogen) atoms. The summed E-state index contributed by atoms with van der Waals surface area (Å²) in [7, 11) is 0.